The van der Waals surface area contributed by atoms with Gasteiger partial charge in [0.05, 0.1) is 5.56 Å². The summed E-state index contributed by atoms with van der Waals surface area (Å²) in [6.45, 7) is 0. The lowest BCUT2D eigenvalue weighted by Gasteiger charge is -2.12. The van der Waals surface area contributed by atoms with Gasteiger partial charge in [-0.05, 0) is 24.3 Å². The van der Waals surface area contributed by atoms with E-state index >= 15 is 0 Å². The average molecular weight is 288 g/mol. The lowest BCUT2D eigenvalue weighted by molar-refractivity contribution is 0.0739. The van der Waals surface area contributed by atoms with Crippen molar-refractivity contribution in [3.8, 4) is 0 Å². The van der Waals surface area contributed by atoms with E-state index in [2.05, 4.69) is 4.98 Å². The fraction of sp³-hybridized carbons (Fsp3) is 0. The monoisotopic (exact) mass is 288 g/mol. The number of fused-ring (bicyclic) bond motifs is 1. The minimum absolute atomic E-state index is 0.00917. The Morgan fingerprint density at radius 2 is 1.70 bits per heavy atom. The summed E-state index contributed by atoms with van der Waals surface area (Å²) < 4.78 is 24.9. The molecule has 2 amide bonds. The molecule has 0 atom stereocenters. The molecule has 0 spiro atoms. The van der Waals surface area contributed by atoms with E-state index in [1.165, 1.54) is 42.7 Å². The molecule has 7 heteroatoms. The maximum Gasteiger partial charge on any atom is 0.276 e. The number of rotatable bonds is 1. The molecule has 1 aliphatic heterocycles. The first-order chi connectivity index (χ1) is 9.53. The number of imide groups is 1. The fourth-order valence-corrected chi connectivity index (χ4v) is 3.52. The van der Waals surface area contributed by atoms with Crippen LogP contribution in [-0.2, 0) is 10.0 Å². The highest BCUT2D eigenvalue weighted by Gasteiger charge is 2.45. The van der Waals surface area contributed by atoms with Crippen molar-refractivity contribution < 1.29 is 18.0 Å². The summed E-state index contributed by atoms with van der Waals surface area (Å²) in [6, 6.07) is 8.45. The minimum Gasteiger partial charge on any atom is -0.267 e. The maximum absolute atomic E-state index is 12.3. The molecule has 100 valence electrons. The van der Waals surface area contributed by atoms with Crippen LogP contribution in [0.5, 0.6) is 0 Å². The van der Waals surface area contributed by atoms with Crippen molar-refractivity contribution in [2.24, 2.45) is 0 Å². The van der Waals surface area contributed by atoms with Crippen LogP contribution in [0.3, 0.4) is 0 Å². The zero-order valence-electron chi connectivity index (χ0n) is 10.1. The third kappa shape index (κ3) is 1.64. The van der Waals surface area contributed by atoms with Crippen molar-refractivity contribution in [1.29, 1.82) is 0 Å². The van der Waals surface area contributed by atoms with Gasteiger partial charge in [0, 0.05) is 18.0 Å². The molecule has 0 radical (unpaired) electrons. The van der Waals surface area contributed by atoms with Gasteiger partial charge in [-0.3, -0.25) is 14.6 Å². The van der Waals surface area contributed by atoms with Gasteiger partial charge in [-0.25, -0.2) is 8.42 Å². The molecule has 0 bridgehead atoms. The SMILES string of the molecule is O=C(c1ccncc1)N1C(=O)c2ccccc2S1(=O)=O. The number of amides is 2. The normalized spacial score (nSPS) is 16.0. The van der Waals surface area contributed by atoms with Crippen LogP contribution >= 0.6 is 0 Å². The van der Waals surface area contributed by atoms with Crippen molar-refractivity contribution in [3.05, 3.63) is 59.9 Å². The number of aromatic nitrogens is 1. The first-order valence-electron chi connectivity index (χ1n) is 5.66. The Bertz CT molecular complexity index is 815. The molecule has 2 heterocycles. The number of sulfonamides is 1. The van der Waals surface area contributed by atoms with Crippen LogP contribution < -0.4 is 0 Å². The van der Waals surface area contributed by atoms with Crippen molar-refractivity contribution >= 4 is 21.8 Å². The predicted octanol–water partition coefficient (Wildman–Crippen LogP) is 1.07. The highest BCUT2D eigenvalue weighted by Crippen LogP contribution is 2.31. The molecule has 0 N–H and O–H groups in total. The van der Waals surface area contributed by atoms with Crippen LogP contribution in [0.4, 0.5) is 0 Å². The van der Waals surface area contributed by atoms with E-state index in [-0.39, 0.29) is 16.0 Å². The maximum atomic E-state index is 12.3. The quantitative estimate of drug-likeness (QED) is 0.733. The van der Waals surface area contributed by atoms with Gasteiger partial charge in [0.1, 0.15) is 4.90 Å². The van der Waals surface area contributed by atoms with Crippen molar-refractivity contribution in [1.82, 2.24) is 9.29 Å². The number of pyridine rings is 1. The first kappa shape index (κ1) is 12.5. The van der Waals surface area contributed by atoms with Crippen molar-refractivity contribution in [2.75, 3.05) is 0 Å². The average Bonchev–Trinajstić information content (AvgIpc) is 2.67. The molecule has 1 aromatic heterocycles. The molecule has 0 aliphatic carbocycles. The Balaban J connectivity index is 2.14. The van der Waals surface area contributed by atoms with Gasteiger partial charge >= 0.3 is 0 Å². The van der Waals surface area contributed by atoms with Gasteiger partial charge in [-0.2, -0.15) is 4.31 Å². The molecule has 2 aromatic rings. The van der Waals surface area contributed by atoms with Crippen molar-refractivity contribution in [3.63, 3.8) is 0 Å². The molecule has 0 saturated heterocycles. The third-order valence-electron chi connectivity index (χ3n) is 2.93. The number of carbonyl (C=O) groups is 2. The zero-order chi connectivity index (χ0) is 14.3. The van der Waals surface area contributed by atoms with E-state index < -0.39 is 21.8 Å². The second-order valence-electron chi connectivity index (χ2n) is 4.11. The first-order valence-corrected chi connectivity index (χ1v) is 7.10. The van der Waals surface area contributed by atoms with Crippen LogP contribution in [0, 0.1) is 0 Å². The molecule has 1 aliphatic rings. The Morgan fingerprint density at radius 1 is 1.05 bits per heavy atom. The second-order valence-corrected chi connectivity index (χ2v) is 5.87. The number of carbonyl (C=O) groups excluding carboxylic acids is 2. The van der Waals surface area contributed by atoms with E-state index in [0.717, 1.165) is 0 Å². The standard InChI is InChI=1S/C13H8N2O4S/c16-12(9-5-7-14-8-6-9)15-13(17)10-3-1-2-4-11(10)20(15,18)19/h1-8H. The number of nitrogens with zero attached hydrogens (tertiary/aromatic N) is 2. The van der Waals surface area contributed by atoms with Gasteiger partial charge in [0.25, 0.3) is 21.8 Å². The molecule has 0 fully saturated rings. The molecule has 1 aromatic carbocycles. The van der Waals surface area contributed by atoms with Gasteiger partial charge in [0.2, 0.25) is 0 Å². The van der Waals surface area contributed by atoms with Crippen LogP contribution in [0.1, 0.15) is 20.7 Å². The largest absolute Gasteiger partial charge is 0.276 e. The van der Waals surface area contributed by atoms with Crippen LogP contribution in [0.15, 0.2) is 53.7 Å². The molecular formula is C13H8N2O4S. The fourth-order valence-electron chi connectivity index (χ4n) is 2.00. The molecule has 0 saturated carbocycles. The van der Waals surface area contributed by atoms with E-state index in [1.54, 1.807) is 6.07 Å². The van der Waals surface area contributed by atoms with Gasteiger partial charge in [-0.1, -0.05) is 12.1 Å². The van der Waals surface area contributed by atoms with E-state index in [0.29, 0.717) is 4.31 Å². The highest BCUT2D eigenvalue weighted by atomic mass is 32.2. The molecule has 0 unspecified atom stereocenters. The Hall–Kier alpha value is -2.54. The summed E-state index contributed by atoms with van der Waals surface area (Å²) in [7, 11) is -4.13. The van der Waals surface area contributed by atoms with Crippen LogP contribution in [0.25, 0.3) is 0 Å². The second kappa shape index (κ2) is 4.24. The van der Waals surface area contributed by atoms with Gasteiger partial charge in [0.15, 0.2) is 0 Å². The summed E-state index contributed by atoms with van der Waals surface area (Å²) in [5.41, 5.74) is 0.0969. The molecule has 20 heavy (non-hydrogen) atoms. The van der Waals surface area contributed by atoms with Gasteiger partial charge < -0.3 is 0 Å². The number of hydrogen-bond donors (Lipinski definition) is 0. The highest BCUT2D eigenvalue weighted by molar-refractivity contribution is 7.90. The number of hydrogen-bond acceptors (Lipinski definition) is 5. The smallest absolute Gasteiger partial charge is 0.267 e. The molecule has 6 nitrogen and oxygen atoms in total. The van der Waals surface area contributed by atoms with Crippen molar-refractivity contribution in [2.45, 2.75) is 4.90 Å². The summed E-state index contributed by atoms with van der Waals surface area (Å²) in [6.07, 6.45) is 2.71. The Morgan fingerprint density at radius 3 is 2.35 bits per heavy atom. The van der Waals surface area contributed by atoms with E-state index in [9.17, 15) is 18.0 Å². The topological polar surface area (TPSA) is 84.4 Å². The minimum atomic E-state index is -4.13. The molecular weight excluding hydrogens is 280 g/mol. The lowest BCUT2D eigenvalue weighted by atomic mass is 10.2. The summed E-state index contributed by atoms with van der Waals surface area (Å²) >= 11 is 0. The van der Waals surface area contributed by atoms with Gasteiger partial charge in [-0.15, -0.1) is 0 Å². The Labute approximate surface area is 114 Å². The van der Waals surface area contributed by atoms with E-state index in [1.807, 2.05) is 0 Å². The van der Waals surface area contributed by atoms with E-state index in [4.69, 9.17) is 0 Å². The molecule has 3 rings (SSSR count). The zero-order valence-corrected chi connectivity index (χ0v) is 10.9. The summed E-state index contributed by atoms with van der Waals surface area (Å²) in [5, 5.41) is 0. The van der Waals surface area contributed by atoms with Crippen LogP contribution in [-0.4, -0.2) is 29.5 Å². The summed E-state index contributed by atoms with van der Waals surface area (Å²) in [5.74, 6) is -1.71. The lowest BCUT2D eigenvalue weighted by Crippen LogP contribution is -2.36. The third-order valence-corrected chi connectivity index (χ3v) is 4.66. The summed E-state index contributed by atoms with van der Waals surface area (Å²) in [4.78, 5) is 28.0. The predicted molar refractivity (Wildman–Crippen MR) is 68.4 cm³/mol. The van der Waals surface area contributed by atoms with Crippen LogP contribution in [0.2, 0.25) is 0 Å². The number of benzene rings is 1. The Kier molecular flexibility index (Phi) is 2.65.